The second-order valence-electron chi connectivity index (χ2n) is 16.3. The van der Waals surface area contributed by atoms with E-state index in [0.29, 0.717) is 70.5 Å². The molecule has 4 N–H and O–H groups in total. The maximum atomic E-state index is 16.0. The van der Waals surface area contributed by atoms with Gasteiger partial charge in [0.2, 0.25) is 0 Å². The Morgan fingerprint density at radius 3 is 2.17 bits per heavy atom. The van der Waals surface area contributed by atoms with Gasteiger partial charge in [0.05, 0.1) is 55.6 Å². The van der Waals surface area contributed by atoms with Crippen molar-refractivity contribution >= 4 is 35.3 Å². The summed E-state index contributed by atoms with van der Waals surface area (Å²) in [6.45, 7) is 1.37. The number of methoxy groups -OCH3 is 2. The first-order chi connectivity index (χ1) is 31.7. The van der Waals surface area contributed by atoms with Crippen molar-refractivity contribution in [3.05, 3.63) is 144 Å². The molecule has 4 unspecified atom stereocenters. The number of furan rings is 1. The van der Waals surface area contributed by atoms with E-state index in [1.807, 2.05) is 60.7 Å². The number of H-pyrrole nitrogens is 2. The largest absolute Gasteiger partial charge is 0.456 e. The first kappa shape index (κ1) is 42.7. The van der Waals surface area contributed by atoms with Crippen LogP contribution in [-0.4, -0.2) is 88.0 Å². The summed E-state index contributed by atoms with van der Waals surface area (Å²) >= 11 is 0. The van der Waals surface area contributed by atoms with Crippen LogP contribution in [0.15, 0.2) is 120 Å². The van der Waals surface area contributed by atoms with E-state index in [2.05, 4.69) is 35.5 Å². The fourth-order valence-corrected chi connectivity index (χ4v) is 9.07. The number of imidazole rings is 2. The van der Waals surface area contributed by atoms with E-state index in [1.54, 1.807) is 53.7 Å². The van der Waals surface area contributed by atoms with Crippen LogP contribution in [0.1, 0.15) is 66.6 Å². The zero-order chi connectivity index (χ0) is 45.1. The molecule has 4 aromatic carbocycles. The molecule has 9 rings (SSSR count). The Labute approximate surface area is 373 Å². The van der Waals surface area contributed by atoms with Crippen LogP contribution < -0.4 is 10.6 Å². The van der Waals surface area contributed by atoms with E-state index in [1.165, 1.54) is 20.3 Å². The number of hydrogen-bond donors (Lipinski definition) is 4. The molecule has 0 aliphatic carbocycles. The number of halogens is 1. The molecule has 4 atom stereocenters. The highest BCUT2D eigenvalue weighted by Crippen LogP contribution is 2.38. The van der Waals surface area contributed by atoms with Gasteiger partial charge in [-0.05, 0) is 79.8 Å². The standard InChI is InChI=1S/C49H47FN8O7/c1-63-47(61)55-43(30-11-5-3-6-12-30)46(60)58-22-10-16-40(58)45-52-26-37(54-45)31-18-20-41-33(23-31)25-42(65-41)35-19-17-32(24-36(35)50)38-27-51-44(53-38)39-15-9-21-57(39)28-49(29-59,56-48(62)64-2)34-13-7-4-8-14-34/h3-8,11-14,17-20,23-27,29,39-40,43H,9-10,15-16,21-22,28H2,1-2H3,(H,51,53)(H,52,54)(H,55,61)(H,56,62). The van der Waals surface area contributed by atoms with Crippen LogP contribution in [0.3, 0.4) is 0 Å². The number of likely N-dealkylation sites (tertiary alicyclic amines) is 2. The highest BCUT2D eigenvalue weighted by Gasteiger charge is 2.41. The third kappa shape index (κ3) is 8.59. The quantitative estimate of drug-likeness (QED) is 0.0820. The van der Waals surface area contributed by atoms with Gasteiger partial charge in [0.25, 0.3) is 5.91 Å². The molecule has 65 heavy (non-hydrogen) atoms. The molecule has 5 heterocycles. The van der Waals surface area contributed by atoms with Gasteiger partial charge in [0, 0.05) is 29.6 Å². The van der Waals surface area contributed by atoms with Gasteiger partial charge in [-0.3, -0.25) is 9.69 Å². The number of carbonyl (C=O) groups excluding carboxylic acids is 4. The molecule has 0 saturated carbocycles. The van der Waals surface area contributed by atoms with Crippen molar-refractivity contribution in [1.82, 2.24) is 40.4 Å². The Hall–Kier alpha value is -7.59. The van der Waals surface area contributed by atoms with Crippen molar-refractivity contribution in [2.75, 3.05) is 33.9 Å². The molecular weight excluding hydrogens is 832 g/mol. The first-order valence-corrected chi connectivity index (χ1v) is 21.4. The van der Waals surface area contributed by atoms with Crippen molar-refractivity contribution in [2.24, 2.45) is 0 Å². The number of carbonyl (C=O) groups is 4. The normalized spacial score (nSPS) is 17.7. The molecular formula is C49H47FN8O7. The predicted octanol–water partition coefficient (Wildman–Crippen LogP) is 8.37. The van der Waals surface area contributed by atoms with Gasteiger partial charge in [-0.1, -0.05) is 66.7 Å². The number of amides is 3. The lowest BCUT2D eigenvalue weighted by Gasteiger charge is -2.35. The van der Waals surface area contributed by atoms with Crippen LogP contribution in [0.4, 0.5) is 14.0 Å². The molecule has 3 aromatic heterocycles. The van der Waals surface area contributed by atoms with E-state index in [0.717, 1.165) is 42.2 Å². The smallest absolute Gasteiger partial charge is 0.407 e. The molecule has 332 valence electrons. The van der Waals surface area contributed by atoms with Crippen LogP contribution >= 0.6 is 0 Å². The summed E-state index contributed by atoms with van der Waals surface area (Å²) in [5.41, 5.74) is 3.59. The van der Waals surface area contributed by atoms with Crippen molar-refractivity contribution in [3.8, 4) is 33.8 Å². The summed E-state index contributed by atoms with van der Waals surface area (Å²) in [6.07, 6.45) is 5.83. The average molecular weight is 879 g/mol. The number of aldehydes is 1. The minimum absolute atomic E-state index is 0.180. The van der Waals surface area contributed by atoms with Crippen molar-refractivity contribution < 1.29 is 37.5 Å². The number of aromatic nitrogens is 4. The second-order valence-corrected chi connectivity index (χ2v) is 16.3. The zero-order valence-electron chi connectivity index (χ0n) is 35.8. The molecule has 0 radical (unpaired) electrons. The maximum Gasteiger partial charge on any atom is 0.407 e. The summed E-state index contributed by atoms with van der Waals surface area (Å²) in [4.78, 5) is 71.5. The lowest BCUT2D eigenvalue weighted by atomic mass is 9.90. The monoisotopic (exact) mass is 878 g/mol. The topological polar surface area (TPSA) is 188 Å². The Bertz CT molecular complexity index is 2840. The molecule has 7 aromatic rings. The number of nitrogens with zero attached hydrogens (tertiary/aromatic N) is 4. The van der Waals surface area contributed by atoms with Crippen molar-refractivity contribution in [3.63, 3.8) is 0 Å². The van der Waals surface area contributed by atoms with Gasteiger partial charge < -0.3 is 44.2 Å². The molecule has 2 aliphatic rings. The zero-order valence-corrected chi connectivity index (χ0v) is 35.8. The van der Waals surface area contributed by atoms with Gasteiger partial charge in [-0.25, -0.2) is 23.9 Å². The highest BCUT2D eigenvalue weighted by molar-refractivity contribution is 5.88. The number of hydrogen-bond acceptors (Lipinski definition) is 10. The molecule has 2 aliphatic heterocycles. The van der Waals surface area contributed by atoms with E-state index < -0.39 is 29.6 Å². The van der Waals surface area contributed by atoms with Crippen LogP contribution in [0.25, 0.3) is 44.8 Å². The SMILES string of the molecule is COC(=O)NC(C(=O)N1CCCC1c1ncc(-c2ccc3oc(-c4ccc(-c5cnc(C6CCCN6CC(C=O)(NC(=O)OC)c6ccccc6)[nH]5)cc4F)cc3c2)[nH]1)c1ccccc1. The van der Waals surface area contributed by atoms with E-state index in [9.17, 15) is 19.2 Å². The summed E-state index contributed by atoms with van der Waals surface area (Å²) in [6, 6.07) is 29.1. The molecule has 16 heteroatoms. The summed E-state index contributed by atoms with van der Waals surface area (Å²) in [5.74, 6) is 0.938. The molecule has 2 saturated heterocycles. The predicted molar refractivity (Wildman–Crippen MR) is 238 cm³/mol. The van der Waals surface area contributed by atoms with Crippen LogP contribution in [0.2, 0.25) is 0 Å². The average Bonchev–Trinajstić information content (AvgIpc) is 4.21. The number of fused-ring (bicyclic) bond motifs is 1. The Morgan fingerprint density at radius 2 is 1.48 bits per heavy atom. The summed E-state index contributed by atoms with van der Waals surface area (Å²) < 4.78 is 31.9. The molecule has 3 amide bonds. The minimum atomic E-state index is -1.35. The number of ether oxygens (including phenoxy) is 2. The van der Waals surface area contributed by atoms with Crippen LogP contribution in [0.5, 0.6) is 0 Å². The Balaban J connectivity index is 0.902. The minimum Gasteiger partial charge on any atom is -0.456 e. The first-order valence-electron chi connectivity index (χ1n) is 21.4. The van der Waals surface area contributed by atoms with E-state index in [-0.39, 0.29) is 24.5 Å². The van der Waals surface area contributed by atoms with Gasteiger partial charge >= 0.3 is 12.2 Å². The van der Waals surface area contributed by atoms with Crippen molar-refractivity contribution in [2.45, 2.75) is 49.3 Å². The third-order valence-corrected chi connectivity index (χ3v) is 12.4. The van der Waals surface area contributed by atoms with E-state index >= 15 is 4.39 Å². The number of aromatic amines is 2. The number of rotatable bonds is 13. The van der Waals surface area contributed by atoms with Gasteiger partial charge in [0.15, 0.2) is 6.29 Å². The lowest BCUT2D eigenvalue weighted by Crippen LogP contribution is -2.54. The second kappa shape index (κ2) is 18.3. The number of benzene rings is 4. The third-order valence-electron chi connectivity index (χ3n) is 12.4. The van der Waals surface area contributed by atoms with Gasteiger partial charge in [-0.2, -0.15) is 0 Å². The van der Waals surface area contributed by atoms with Gasteiger partial charge in [-0.15, -0.1) is 0 Å². The lowest BCUT2D eigenvalue weighted by molar-refractivity contribution is -0.134. The maximum absolute atomic E-state index is 16.0. The highest BCUT2D eigenvalue weighted by atomic mass is 19.1. The van der Waals surface area contributed by atoms with Crippen LogP contribution in [-0.2, 0) is 24.6 Å². The Morgan fingerprint density at radius 1 is 0.831 bits per heavy atom. The summed E-state index contributed by atoms with van der Waals surface area (Å²) in [7, 11) is 2.52. The number of nitrogens with one attached hydrogen (secondary N) is 4. The number of alkyl carbamates (subject to hydrolysis) is 2. The Kier molecular flexibility index (Phi) is 12.0. The van der Waals surface area contributed by atoms with E-state index in [4.69, 9.17) is 13.9 Å². The summed E-state index contributed by atoms with van der Waals surface area (Å²) in [5, 5.41) is 6.23. The fourth-order valence-electron chi connectivity index (χ4n) is 9.07. The fraction of sp³-hybridized carbons (Fsp3) is 0.265. The molecule has 0 bridgehead atoms. The molecule has 15 nitrogen and oxygen atoms in total. The molecule has 2 fully saturated rings. The van der Waals surface area contributed by atoms with Crippen molar-refractivity contribution in [1.29, 1.82) is 0 Å². The molecule has 0 spiro atoms. The van der Waals surface area contributed by atoms with Crippen LogP contribution in [0, 0.1) is 5.82 Å². The van der Waals surface area contributed by atoms with Gasteiger partial charge in [0.1, 0.15) is 40.4 Å².